The Kier molecular flexibility index (Phi) is 12.1. The standard InChI is InChI=1S/C39H49FN6O6S/c1-5-44(6-2)24-30-25-45(20-21-51-30)36(47)26-46-34-22-28(39(48)42-53(49,50)43(3)4)15-17-32(34)37(27-12-8-7-9-13-27)38(46)31-18-16-29(23-33(31)40)52-35-14-10-11-19-41-35/h10-11,14-19,22-23,27,30H,5-9,12-13,20-21,24-26H2,1-4H3,(H,42,48). The van der Waals surface area contributed by atoms with E-state index in [1.807, 2.05) is 4.57 Å². The average Bonchev–Trinajstić information content (AvgIpc) is 3.47. The third-order valence-corrected chi connectivity index (χ3v) is 11.7. The average molecular weight is 749 g/mol. The van der Waals surface area contributed by atoms with Gasteiger partial charge in [-0.3, -0.25) is 9.59 Å². The van der Waals surface area contributed by atoms with Crippen molar-refractivity contribution in [3.63, 3.8) is 0 Å². The summed E-state index contributed by atoms with van der Waals surface area (Å²) >= 11 is 0. The van der Waals surface area contributed by atoms with Crippen LogP contribution in [0.3, 0.4) is 0 Å². The Morgan fingerprint density at radius 3 is 2.49 bits per heavy atom. The number of ether oxygens (including phenoxy) is 2. The van der Waals surface area contributed by atoms with Crippen LogP contribution in [0.5, 0.6) is 11.6 Å². The SMILES string of the molecule is CCN(CC)CC1CN(C(=O)Cn2c(-c3ccc(Oc4ccccn4)cc3F)c(C3CCCCC3)c3ccc(C(=O)NS(=O)(=O)N(C)C)cc32)CCO1. The van der Waals surface area contributed by atoms with Crippen LogP contribution in [-0.2, 0) is 26.3 Å². The fourth-order valence-corrected chi connectivity index (χ4v) is 7.92. The molecule has 6 rings (SSSR count). The number of morpholine rings is 1. The van der Waals surface area contributed by atoms with Gasteiger partial charge in [-0.25, -0.2) is 14.1 Å². The molecular weight excluding hydrogens is 700 g/mol. The third-order valence-electron chi connectivity index (χ3n) is 10.3. The summed E-state index contributed by atoms with van der Waals surface area (Å²) in [5.74, 6) is -0.822. The molecule has 14 heteroatoms. The number of nitrogens with zero attached hydrogens (tertiary/aromatic N) is 5. The molecule has 1 saturated heterocycles. The van der Waals surface area contributed by atoms with E-state index in [0.717, 1.165) is 60.4 Å². The summed E-state index contributed by atoms with van der Waals surface area (Å²) in [5, 5.41) is 0.793. The first-order chi connectivity index (χ1) is 25.5. The highest BCUT2D eigenvalue weighted by molar-refractivity contribution is 7.87. The highest BCUT2D eigenvalue weighted by atomic mass is 32.2. The highest BCUT2D eigenvalue weighted by Crippen LogP contribution is 2.45. The van der Waals surface area contributed by atoms with E-state index in [4.69, 9.17) is 9.47 Å². The number of fused-ring (bicyclic) bond motifs is 1. The molecule has 4 aromatic rings. The van der Waals surface area contributed by atoms with Crippen molar-refractivity contribution in [2.24, 2.45) is 0 Å². The molecule has 1 atom stereocenters. The van der Waals surface area contributed by atoms with Crippen LogP contribution in [0.1, 0.15) is 67.8 Å². The summed E-state index contributed by atoms with van der Waals surface area (Å²) in [7, 11) is -1.41. The van der Waals surface area contributed by atoms with Crippen molar-refractivity contribution in [2.75, 3.05) is 53.4 Å². The molecule has 1 aliphatic carbocycles. The number of benzene rings is 2. The summed E-state index contributed by atoms with van der Waals surface area (Å²) in [4.78, 5) is 35.9. The molecule has 1 unspecified atom stereocenters. The molecule has 284 valence electrons. The van der Waals surface area contributed by atoms with Crippen molar-refractivity contribution in [1.29, 1.82) is 0 Å². The van der Waals surface area contributed by atoms with E-state index < -0.39 is 21.9 Å². The summed E-state index contributed by atoms with van der Waals surface area (Å²) < 4.78 is 58.5. The van der Waals surface area contributed by atoms with Crippen LogP contribution < -0.4 is 9.46 Å². The third kappa shape index (κ3) is 8.72. The van der Waals surface area contributed by atoms with Gasteiger partial charge in [-0.05, 0) is 67.7 Å². The molecule has 0 bridgehead atoms. The lowest BCUT2D eigenvalue weighted by atomic mass is 9.81. The molecule has 1 aliphatic heterocycles. The molecule has 3 heterocycles. The van der Waals surface area contributed by atoms with Gasteiger partial charge in [-0.2, -0.15) is 12.7 Å². The molecule has 53 heavy (non-hydrogen) atoms. The predicted octanol–water partition coefficient (Wildman–Crippen LogP) is 5.79. The first-order valence-electron chi connectivity index (χ1n) is 18.4. The Labute approximate surface area is 311 Å². The number of nitrogens with one attached hydrogen (secondary N) is 1. The van der Waals surface area contributed by atoms with Crippen molar-refractivity contribution in [3.8, 4) is 22.9 Å². The largest absolute Gasteiger partial charge is 0.439 e. The molecule has 2 amide bonds. The second-order valence-corrected chi connectivity index (χ2v) is 15.7. The van der Waals surface area contributed by atoms with Crippen molar-refractivity contribution in [1.82, 2.24) is 28.4 Å². The Morgan fingerprint density at radius 2 is 1.81 bits per heavy atom. The number of carbonyl (C=O) groups is 2. The fourth-order valence-electron chi connectivity index (χ4n) is 7.38. The lowest BCUT2D eigenvalue weighted by molar-refractivity contribution is -0.140. The number of hydrogen-bond acceptors (Lipinski definition) is 8. The van der Waals surface area contributed by atoms with Gasteiger partial charge in [0.15, 0.2) is 0 Å². The molecule has 0 spiro atoms. The van der Waals surface area contributed by atoms with E-state index in [1.54, 1.807) is 59.6 Å². The topological polar surface area (TPSA) is 126 Å². The number of hydrogen-bond donors (Lipinski definition) is 1. The van der Waals surface area contributed by atoms with Gasteiger partial charge in [0.1, 0.15) is 18.1 Å². The minimum Gasteiger partial charge on any atom is -0.439 e. The summed E-state index contributed by atoms with van der Waals surface area (Å²) in [6, 6.07) is 14.9. The number of likely N-dealkylation sites (N-methyl/N-ethyl adjacent to an activating group) is 1. The number of rotatable bonds is 13. The zero-order valence-electron chi connectivity index (χ0n) is 30.9. The van der Waals surface area contributed by atoms with Crippen LogP contribution in [0, 0.1) is 5.82 Å². The maximum atomic E-state index is 16.5. The van der Waals surface area contributed by atoms with Crippen LogP contribution in [0.4, 0.5) is 4.39 Å². The van der Waals surface area contributed by atoms with Crippen LogP contribution in [0.2, 0.25) is 0 Å². The number of carbonyl (C=O) groups excluding carboxylic acids is 2. The molecule has 2 aromatic heterocycles. The lowest BCUT2D eigenvalue weighted by Gasteiger charge is -2.35. The van der Waals surface area contributed by atoms with Crippen molar-refractivity contribution < 1.29 is 31.9 Å². The van der Waals surface area contributed by atoms with Gasteiger partial charge in [-0.1, -0.05) is 45.2 Å². The van der Waals surface area contributed by atoms with Gasteiger partial charge >= 0.3 is 10.2 Å². The van der Waals surface area contributed by atoms with E-state index in [9.17, 15) is 18.0 Å². The molecule has 0 radical (unpaired) electrons. The molecule has 2 aliphatic rings. The van der Waals surface area contributed by atoms with Gasteiger partial charge in [0.05, 0.1) is 23.9 Å². The molecule has 12 nitrogen and oxygen atoms in total. The zero-order chi connectivity index (χ0) is 37.7. The molecule has 1 saturated carbocycles. The minimum absolute atomic E-state index is 0.0806. The molecule has 2 fully saturated rings. The Hall–Kier alpha value is -4.37. The van der Waals surface area contributed by atoms with E-state index in [0.29, 0.717) is 48.9 Å². The zero-order valence-corrected chi connectivity index (χ0v) is 31.7. The van der Waals surface area contributed by atoms with Gasteiger partial charge in [-0.15, -0.1) is 0 Å². The first kappa shape index (κ1) is 38.4. The Morgan fingerprint density at radius 1 is 1.04 bits per heavy atom. The van der Waals surface area contributed by atoms with Crippen LogP contribution >= 0.6 is 0 Å². The number of aromatic nitrogens is 2. The van der Waals surface area contributed by atoms with E-state index in [-0.39, 0.29) is 35.8 Å². The Balaban J connectivity index is 1.47. The van der Waals surface area contributed by atoms with Crippen molar-refractivity contribution in [2.45, 2.75) is 64.5 Å². The van der Waals surface area contributed by atoms with E-state index in [2.05, 4.69) is 28.5 Å². The smallest absolute Gasteiger partial charge is 0.303 e. The van der Waals surface area contributed by atoms with Crippen LogP contribution in [0.15, 0.2) is 60.8 Å². The van der Waals surface area contributed by atoms with Crippen molar-refractivity contribution in [3.05, 3.63) is 77.7 Å². The Bertz CT molecular complexity index is 2030. The summed E-state index contributed by atoms with van der Waals surface area (Å²) in [6.07, 6.45) is 6.36. The lowest BCUT2D eigenvalue weighted by Crippen LogP contribution is -2.50. The maximum absolute atomic E-state index is 16.5. The number of halogens is 1. The normalized spacial score (nSPS) is 17.1. The number of amides is 2. The van der Waals surface area contributed by atoms with E-state index >= 15 is 4.39 Å². The van der Waals surface area contributed by atoms with Gasteiger partial charge in [0.2, 0.25) is 11.8 Å². The summed E-state index contributed by atoms with van der Waals surface area (Å²) in [5.41, 5.74) is 2.42. The van der Waals surface area contributed by atoms with Crippen molar-refractivity contribution >= 4 is 32.9 Å². The summed E-state index contributed by atoms with van der Waals surface area (Å²) in [6.45, 7) is 7.76. The second kappa shape index (κ2) is 16.8. The van der Waals surface area contributed by atoms with Gasteiger partial charge in [0, 0.05) is 68.6 Å². The van der Waals surface area contributed by atoms with E-state index in [1.165, 1.54) is 20.2 Å². The first-order valence-corrected chi connectivity index (χ1v) is 19.8. The van der Waals surface area contributed by atoms with Crippen LogP contribution in [-0.4, -0.2) is 103 Å². The second-order valence-electron chi connectivity index (χ2n) is 13.9. The predicted molar refractivity (Wildman–Crippen MR) is 202 cm³/mol. The molecule has 1 N–H and O–H groups in total. The molecular formula is C39H49FN6O6S. The fraction of sp³-hybridized carbons (Fsp3) is 0.462. The van der Waals surface area contributed by atoms with Gasteiger partial charge < -0.3 is 23.8 Å². The highest BCUT2D eigenvalue weighted by Gasteiger charge is 2.32. The molecule has 2 aromatic carbocycles. The monoisotopic (exact) mass is 748 g/mol. The minimum atomic E-state index is -4.07. The van der Waals surface area contributed by atoms with Gasteiger partial charge in [0.25, 0.3) is 5.91 Å². The maximum Gasteiger partial charge on any atom is 0.303 e. The van der Waals surface area contributed by atoms with Crippen LogP contribution in [0.25, 0.3) is 22.2 Å². The number of pyridine rings is 1. The quantitative estimate of drug-likeness (QED) is 0.182.